The van der Waals surface area contributed by atoms with Crippen molar-refractivity contribution < 1.29 is 8.94 Å². The summed E-state index contributed by atoms with van der Waals surface area (Å²) in [4.78, 5) is 4.32. The monoisotopic (exact) mass is 249 g/mol. The number of aryl methyl sites for hydroxylation is 1. The maximum Gasteiger partial charge on any atom is 0.293 e. The molecule has 2 rings (SSSR count). The van der Waals surface area contributed by atoms with Crippen LogP contribution < -0.4 is 5.73 Å². The van der Waals surface area contributed by atoms with Gasteiger partial charge in [0.15, 0.2) is 11.6 Å². The molecule has 0 bridgehead atoms. The lowest BCUT2D eigenvalue weighted by Gasteiger charge is -2.15. The maximum absolute atomic E-state index is 5.48. The van der Waals surface area contributed by atoms with Gasteiger partial charge in [0.1, 0.15) is 5.76 Å². The number of nitrogens with two attached hydrogens (primary N) is 1. The van der Waals surface area contributed by atoms with Crippen molar-refractivity contribution in [3.05, 3.63) is 23.7 Å². The van der Waals surface area contributed by atoms with E-state index in [0.717, 1.165) is 12.8 Å². The quantitative estimate of drug-likeness (QED) is 0.901. The van der Waals surface area contributed by atoms with Crippen LogP contribution in [-0.2, 0) is 13.0 Å². The van der Waals surface area contributed by atoms with Crippen molar-refractivity contribution in [2.45, 2.75) is 40.2 Å². The van der Waals surface area contributed by atoms with Gasteiger partial charge < -0.3 is 14.7 Å². The predicted molar refractivity (Wildman–Crippen MR) is 67.7 cm³/mol. The second kappa shape index (κ2) is 4.94. The molecule has 0 unspecified atom stereocenters. The van der Waals surface area contributed by atoms with Gasteiger partial charge >= 0.3 is 0 Å². The average molecular weight is 249 g/mol. The van der Waals surface area contributed by atoms with Crippen LogP contribution in [0.1, 0.15) is 38.8 Å². The number of nitrogens with zero attached hydrogens (tertiary/aromatic N) is 2. The van der Waals surface area contributed by atoms with E-state index in [1.807, 2.05) is 6.07 Å². The van der Waals surface area contributed by atoms with Crippen LogP contribution in [0, 0.1) is 5.41 Å². The third-order valence-electron chi connectivity index (χ3n) is 2.64. The molecule has 0 aromatic carbocycles. The molecule has 5 nitrogen and oxygen atoms in total. The normalized spacial score (nSPS) is 12.0. The van der Waals surface area contributed by atoms with Crippen LogP contribution in [0.15, 0.2) is 21.1 Å². The Labute approximate surface area is 106 Å². The highest BCUT2D eigenvalue weighted by Crippen LogP contribution is 2.23. The Bertz CT molecular complexity index is 508. The average Bonchev–Trinajstić information content (AvgIpc) is 2.94. The molecule has 0 atom stereocenters. The zero-order valence-electron chi connectivity index (χ0n) is 11.1. The van der Waals surface area contributed by atoms with Crippen LogP contribution >= 0.6 is 0 Å². The minimum absolute atomic E-state index is 0.262. The van der Waals surface area contributed by atoms with Crippen molar-refractivity contribution in [2.75, 3.05) is 0 Å². The van der Waals surface area contributed by atoms with Gasteiger partial charge in [0, 0.05) is 6.42 Å². The first-order chi connectivity index (χ1) is 8.48. The van der Waals surface area contributed by atoms with Gasteiger partial charge in [0.25, 0.3) is 5.89 Å². The second-order valence-corrected chi connectivity index (χ2v) is 5.55. The van der Waals surface area contributed by atoms with E-state index in [1.54, 1.807) is 6.07 Å². The van der Waals surface area contributed by atoms with Gasteiger partial charge in [-0.25, -0.2) is 0 Å². The first kappa shape index (κ1) is 12.8. The summed E-state index contributed by atoms with van der Waals surface area (Å²) < 4.78 is 10.6. The molecule has 0 saturated carbocycles. The molecule has 5 heteroatoms. The topological polar surface area (TPSA) is 78.1 Å². The van der Waals surface area contributed by atoms with Gasteiger partial charge in [-0.3, -0.25) is 0 Å². The Balaban J connectivity index is 2.06. The van der Waals surface area contributed by atoms with E-state index in [9.17, 15) is 0 Å². The Hall–Kier alpha value is -1.62. The zero-order valence-corrected chi connectivity index (χ0v) is 11.1. The predicted octanol–water partition coefficient (Wildman–Crippen LogP) is 2.77. The van der Waals surface area contributed by atoms with Crippen molar-refractivity contribution in [3.63, 3.8) is 0 Å². The van der Waals surface area contributed by atoms with Crippen molar-refractivity contribution >= 4 is 0 Å². The molecule has 98 valence electrons. The molecule has 0 saturated heterocycles. The van der Waals surface area contributed by atoms with E-state index in [-0.39, 0.29) is 5.41 Å². The largest absolute Gasteiger partial charge is 0.455 e. The molecule has 2 heterocycles. The Kier molecular flexibility index (Phi) is 3.52. The van der Waals surface area contributed by atoms with Crippen LogP contribution in [0.5, 0.6) is 0 Å². The SMILES string of the molecule is CC(C)(C)CCc1noc(-c2ccc(CN)o2)n1. The Morgan fingerprint density at radius 2 is 2.06 bits per heavy atom. The fraction of sp³-hybridized carbons (Fsp3) is 0.538. The highest BCUT2D eigenvalue weighted by Gasteiger charge is 2.15. The number of rotatable bonds is 4. The fourth-order valence-electron chi connectivity index (χ4n) is 1.54. The molecule has 0 spiro atoms. The van der Waals surface area contributed by atoms with Crippen LogP contribution in [0.3, 0.4) is 0 Å². The number of hydrogen-bond donors (Lipinski definition) is 1. The number of furan rings is 1. The van der Waals surface area contributed by atoms with Gasteiger partial charge in [-0.1, -0.05) is 25.9 Å². The van der Waals surface area contributed by atoms with Gasteiger partial charge in [0.2, 0.25) is 0 Å². The lowest BCUT2D eigenvalue weighted by Crippen LogP contribution is -2.06. The minimum Gasteiger partial charge on any atom is -0.455 e. The lowest BCUT2D eigenvalue weighted by molar-refractivity contribution is 0.364. The zero-order chi connectivity index (χ0) is 13.2. The highest BCUT2D eigenvalue weighted by atomic mass is 16.5. The van der Waals surface area contributed by atoms with Crippen LogP contribution in [0.25, 0.3) is 11.7 Å². The first-order valence-corrected chi connectivity index (χ1v) is 6.10. The van der Waals surface area contributed by atoms with E-state index in [0.29, 0.717) is 29.8 Å². The molecule has 0 aliphatic heterocycles. The molecular formula is C13H19N3O2. The molecule has 0 amide bonds. The fourth-order valence-corrected chi connectivity index (χ4v) is 1.54. The Morgan fingerprint density at radius 3 is 2.67 bits per heavy atom. The van der Waals surface area contributed by atoms with Crippen LogP contribution in [0.2, 0.25) is 0 Å². The molecule has 2 aromatic rings. The summed E-state index contributed by atoms with van der Waals surface area (Å²) in [7, 11) is 0. The summed E-state index contributed by atoms with van der Waals surface area (Å²) in [6, 6.07) is 3.61. The summed E-state index contributed by atoms with van der Waals surface area (Å²) in [5.74, 6) is 2.41. The third-order valence-corrected chi connectivity index (χ3v) is 2.64. The van der Waals surface area contributed by atoms with Gasteiger partial charge in [0.05, 0.1) is 6.54 Å². The minimum atomic E-state index is 0.262. The van der Waals surface area contributed by atoms with E-state index >= 15 is 0 Å². The third kappa shape index (κ3) is 3.20. The molecular weight excluding hydrogens is 230 g/mol. The lowest BCUT2D eigenvalue weighted by atomic mass is 9.90. The van der Waals surface area contributed by atoms with Crippen molar-refractivity contribution in [3.8, 4) is 11.7 Å². The molecule has 0 aliphatic carbocycles. The maximum atomic E-state index is 5.48. The summed E-state index contributed by atoms with van der Waals surface area (Å²) in [5.41, 5.74) is 5.74. The smallest absolute Gasteiger partial charge is 0.293 e. The number of hydrogen-bond acceptors (Lipinski definition) is 5. The van der Waals surface area contributed by atoms with Gasteiger partial charge in [-0.2, -0.15) is 4.98 Å². The van der Waals surface area contributed by atoms with E-state index in [2.05, 4.69) is 30.9 Å². The molecule has 2 aromatic heterocycles. The first-order valence-electron chi connectivity index (χ1n) is 6.10. The van der Waals surface area contributed by atoms with Crippen LogP contribution in [0.4, 0.5) is 0 Å². The highest BCUT2D eigenvalue weighted by molar-refractivity contribution is 5.44. The van der Waals surface area contributed by atoms with Crippen LogP contribution in [-0.4, -0.2) is 10.1 Å². The summed E-state index contributed by atoms with van der Waals surface area (Å²) >= 11 is 0. The van der Waals surface area contributed by atoms with Crippen molar-refractivity contribution in [1.82, 2.24) is 10.1 Å². The standard InChI is InChI=1S/C13H19N3O2/c1-13(2,3)7-6-11-15-12(18-16-11)10-5-4-9(8-14)17-10/h4-5H,6-8,14H2,1-3H3. The Morgan fingerprint density at radius 1 is 1.28 bits per heavy atom. The molecule has 0 aliphatic rings. The van der Waals surface area contributed by atoms with Gasteiger partial charge in [-0.15, -0.1) is 0 Å². The summed E-state index contributed by atoms with van der Waals surface area (Å²) in [5, 5.41) is 3.95. The molecule has 0 radical (unpaired) electrons. The van der Waals surface area contributed by atoms with E-state index in [4.69, 9.17) is 14.7 Å². The van der Waals surface area contributed by atoms with E-state index < -0.39 is 0 Å². The van der Waals surface area contributed by atoms with Crippen molar-refractivity contribution in [2.24, 2.45) is 11.1 Å². The summed E-state index contributed by atoms with van der Waals surface area (Å²) in [6.07, 6.45) is 1.82. The van der Waals surface area contributed by atoms with Gasteiger partial charge in [-0.05, 0) is 24.0 Å². The second-order valence-electron chi connectivity index (χ2n) is 5.55. The number of aromatic nitrogens is 2. The molecule has 0 fully saturated rings. The molecule has 2 N–H and O–H groups in total. The van der Waals surface area contributed by atoms with Crippen molar-refractivity contribution in [1.29, 1.82) is 0 Å². The van der Waals surface area contributed by atoms with E-state index in [1.165, 1.54) is 0 Å². The molecule has 18 heavy (non-hydrogen) atoms. The summed E-state index contributed by atoms with van der Waals surface area (Å²) in [6.45, 7) is 6.93.